The average molecular weight is 315 g/mol. The fourth-order valence-electron chi connectivity index (χ4n) is 2.02. The minimum absolute atomic E-state index is 0.356. The molecule has 0 N–H and O–H groups in total. The van der Waals surface area contributed by atoms with Gasteiger partial charge in [0.2, 0.25) is 5.82 Å². The zero-order valence-corrected chi connectivity index (χ0v) is 13.0. The molecule has 0 bridgehead atoms. The van der Waals surface area contributed by atoms with Gasteiger partial charge in [0.25, 0.3) is 5.89 Å². The predicted molar refractivity (Wildman–Crippen MR) is 85.0 cm³/mol. The smallest absolute Gasteiger partial charge is 0.267 e. The van der Waals surface area contributed by atoms with E-state index in [0.717, 1.165) is 5.56 Å². The quantitative estimate of drug-likeness (QED) is 0.691. The van der Waals surface area contributed by atoms with E-state index >= 15 is 0 Å². The van der Waals surface area contributed by atoms with E-state index in [1.807, 2.05) is 50.2 Å². The number of rotatable bonds is 4. The second-order valence-electron chi connectivity index (χ2n) is 5.04. The van der Waals surface area contributed by atoms with Gasteiger partial charge in [0.15, 0.2) is 6.10 Å². The first-order valence-corrected chi connectivity index (χ1v) is 7.32. The molecule has 4 nitrogen and oxygen atoms in total. The molecule has 0 aliphatic heterocycles. The molecular weight excluding hydrogens is 300 g/mol. The highest BCUT2D eigenvalue weighted by Crippen LogP contribution is 2.25. The molecule has 1 aromatic heterocycles. The minimum Gasteiger partial charge on any atom is -0.481 e. The summed E-state index contributed by atoms with van der Waals surface area (Å²) in [5.41, 5.74) is 2.10. The molecule has 112 valence electrons. The number of hydrogen-bond donors (Lipinski definition) is 0. The van der Waals surface area contributed by atoms with Crippen LogP contribution in [-0.4, -0.2) is 10.1 Å². The van der Waals surface area contributed by atoms with Crippen molar-refractivity contribution in [1.29, 1.82) is 0 Å². The number of aryl methyl sites for hydroxylation is 1. The Morgan fingerprint density at radius 2 is 1.91 bits per heavy atom. The Balaban J connectivity index is 1.76. The molecule has 0 spiro atoms. The molecule has 0 radical (unpaired) electrons. The van der Waals surface area contributed by atoms with Crippen molar-refractivity contribution in [2.75, 3.05) is 0 Å². The Hall–Kier alpha value is -2.33. The van der Waals surface area contributed by atoms with Gasteiger partial charge in [0.1, 0.15) is 5.75 Å². The van der Waals surface area contributed by atoms with E-state index in [1.165, 1.54) is 5.56 Å². The molecule has 3 aromatic rings. The molecule has 0 aliphatic carbocycles. The molecule has 1 heterocycles. The van der Waals surface area contributed by atoms with Gasteiger partial charge in [-0.05, 0) is 32.0 Å². The van der Waals surface area contributed by atoms with E-state index in [-0.39, 0.29) is 6.10 Å². The standard InChI is InChI=1S/C17H15ClN2O2/c1-11-6-8-13(9-7-11)16-19-17(22-20-16)12(2)21-15-5-3-4-14(18)10-15/h3-10,12H,1-2H3. The molecule has 0 saturated carbocycles. The Morgan fingerprint density at radius 1 is 1.14 bits per heavy atom. The maximum Gasteiger partial charge on any atom is 0.267 e. The summed E-state index contributed by atoms with van der Waals surface area (Å²) in [6.07, 6.45) is -0.356. The average Bonchev–Trinajstić information content (AvgIpc) is 2.98. The molecule has 3 rings (SSSR count). The van der Waals surface area contributed by atoms with Gasteiger partial charge in [0, 0.05) is 10.6 Å². The van der Waals surface area contributed by atoms with Crippen LogP contribution in [0.15, 0.2) is 53.1 Å². The zero-order chi connectivity index (χ0) is 15.5. The predicted octanol–water partition coefficient (Wildman–Crippen LogP) is 4.84. The van der Waals surface area contributed by atoms with Gasteiger partial charge in [0.05, 0.1) is 0 Å². The van der Waals surface area contributed by atoms with Crippen LogP contribution in [0.2, 0.25) is 5.02 Å². The van der Waals surface area contributed by atoms with Crippen molar-refractivity contribution in [2.24, 2.45) is 0 Å². The Kier molecular flexibility index (Phi) is 4.11. The van der Waals surface area contributed by atoms with Crippen molar-refractivity contribution < 1.29 is 9.26 Å². The molecule has 22 heavy (non-hydrogen) atoms. The summed E-state index contributed by atoms with van der Waals surface area (Å²) < 4.78 is 11.1. The molecule has 0 saturated heterocycles. The lowest BCUT2D eigenvalue weighted by molar-refractivity contribution is 0.176. The van der Waals surface area contributed by atoms with Crippen LogP contribution in [0.5, 0.6) is 5.75 Å². The number of benzene rings is 2. The fourth-order valence-corrected chi connectivity index (χ4v) is 2.20. The maximum atomic E-state index is 5.94. The topological polar surface area (TPSA) is 48.2 Å². The number of halogens is 1. The molecule has 1 atom stereocenters. The van der Waals surface area contributed by atoms with Crippen molar-refractivity contribution in [1.82, 2.24) is 10.1 Å². The highest BCUT2D eigenvalue weighted by atomic mass is 35.5. The summed E-state index contributed by atoms with van der Waals surface area (Å²) in [6, 6.07) is 15.2. The zero-order valence-electron chi connectivity index (χ0n) is 12.3. The summed E-state index contributed by atoms with van der Waals surface area (Å²) in [7, 11) is 0. The lowest BCUT2D eigenvalue weighted by Gasteiger charge is -2.10. The Morgan fingerprint density at radius 3 is 2.64 bits per heavy atom. The molecular formula is C17H15ClN2O2. The van der Waals surface area contributed by atoms with Gasteiger partial charge < -0.3 is 9.26 Å². The van der Waals surface area contributed by atoms with Gasteiger partial charge in [-0.15, -0.1) is 0 Å². The normalized spacial score (nSPS) is 12.1. The van der Waals surface area contributed by atoms with Crippen LogP contribution in [-0.2, 0) is 0 Å². The monoisotopic (exact) mass is 314 g/mol. The van der Waals surface area contributed by atoms with Crippen LogP contribution >= 0.6 is 11.6 Å². The summed E-state index contributed by atoms with van der Waals surface area (Å²) in [6.45, 7) is 3.89. The van der Waals surface area contributed by atoms with Gasteiger partial charge in [-0.3, -0.25) is 0 Å². The van der Waals surface area contributed by atoms with Crippen molar-refractivity contribution in [2.45, 2.75) is 20.0 Å². The molecule has 1 unspecified atom stereocenters. The Labute approximate surface area is 133 Å². The summed E-state index contributed by atoms with van der Waals surface area (Å²) in [5, 5.41) is 4.63. The molecule has 0 fully saturated rings. The number of aromatic nitrogens is 2. The van der Waals surface area contributed by atoms with E-state index < -0.39 is 0 Å². The highest BCUT2D eigenvalue weighted by Gasteiger charge is 2.17. The summed E-state index contributed by atoms with van der Waals surface area (Å²) >= 11 is 5.94. The molecule has 0 aliphatic rings. The van der Waals surface area contributed by atoms with Crippen LogP contribution < -0.4 is 4.74 Å². The van der Waals surface area contributed by atoms with E-state index in [1.54, 1.807) is 12.1 Å². The van der Waals surface area contributed by atoms with Gasteiger partial charge in [-0.2, -0.15) is 4.98 Å². The SMILES string of the molecule is Cc1ccc(-c2noc(C(C)Oc3cccc(Cl)c3)n2)cc1. The largest absolute Gasteiger partial charge is 0.481 e. The van der Waals surface area contributed by atoms with E-state index in [4.69, 9.17) is 20.9 Å². The molecule has 5 heteroatoms. The van der Waals surface area contributed by atoms with Crippen molar-refractivity contribution in [3.8, 4) is 17.1 Å². The lowest BCUT2D eigenvalue weighted by atomic mass is 10.1. The third-order valence-corrected chi connectivity index (χ3v) is 3.44. The number of hydrogen-bond acceptors (Lipinski definition) is 4. The first kappa shape index (κ1) is 14.6. The van der Waals surface area contributed by atoms with Gasteiger partial charge in [-0.25, -0.2) is 0 Å². The highest BCUT2D eigenvalue weighted by molar-refractivity contribution is 6.30. The van der Waals surface area contributed by atoms with Crippen LogP contribution in [0.3, 0.4) is 0 Å². The van der Waals surface area contributed by atoms with Crippen molar-refractivity contribution in [3.05, 3.63) is 65.0 Å². The van der Waals surface area contributed by atoms with Crippen LogP contribution in [0.1, 0.15) is 24.5 Å². The van der Waals surface area contributed by atoms with Gasteiger partial charge >= 0.3 is 0 Å². The molecule has 0 amide bonds. The van der Waals surface area contributed by atoms with E-state index in [9.17, 15) is 0 Å². The van der Waals surface area contributed by atoms with Gasteiger partial charge in [-0.1, -0.05) is 52.7 Å². The van der Waals surface area contributed by atoms with Crippen LogP contribution in [0.25, 0.3) is 11.4 Å². The van der Waals surface area contributed by atoms with Crippen molar-refractivity contribution in [3.63, 3.8) is 0 Å². The minimum atomic E-state index is -0.356. The second-order valence-corrected chi connectivity index (χ2v) is 5.48. The molecule has 2 aromatic carbocycles. The fraction of sp³-hybridized carbons (Fsp3) is 0.176. The first-order chi connectivity index (χ1) is 10.6. The maximum absolute atomic E-state index is 5.94. The van der Waals surface area contributed by atoms with E-state index in [2.05, 4.69) is 10.1 Å². The Bertz CT molecular complexity index is 768. The first-order valence-electron chi connectivity index (χ1n) is 6.95. The summed E-state index contributed by atoms with van der Waals surface area (Å²) in [5.74, 6) is 1.64. The van der Waals surface area contributed by atoms with E-state index in [0.29, 0.717) is 22.5 Å². The van der Waals surface area contributed by atoms with Crippen LogP contribution in [0, 0.1) is 6.92 Å². The van der Waals surface area contributed by atoms with Crippen molar-refractivity contribution >= 4 is 11.6 Å². The van der Waals surface area contributed by atoms with Crippen LogP contribution in [0.4, 0.5) is 0 Å². The number of nitrogens with zero attached hydrogens (tertiary/aromatic N) is 2. The third kappa shape index (κ3) is 3.28. The third-order valence-electron chi connectivity index (χ3n) is 3.21. The second kappa shape index (κ2) is 6.20. The lowest BCUT2D eigenvalue weighted by Crippen LogP contribution is -2.03. The summed E-state index contributed by atoms with van der Waals surface area (Å²) in [4.78, 5) is 4.39. The number of ether oxygens (including phenoxy) is 1.